The van der Waals surface area contributed by atoms with Crippen molar-refractivity contribution in [3.8, 4) is 0 Å². The maximum absolute atomic E-state index is 10.4. The number of fused-ring (bicyclic) bond motifs is 1. The summed E-state index contributed by atoms with van der Waals surface area (Å²) in [5, 5.41) is 8.57. The molecule has 1 aromatic rings. The summed E-state index contributed by atoms with van der Waals surface area (Å²) in [5.41, 5.74) is 4.41. The van der Waals surface area contributed by atoms with Crippen LogP contribution in [0.2, 0.25) is 0 Å². The molecule has 1 aliphatic rings. The maximum atomic E-state index is 10.4. The molecule has 1 N–H and O–H groups in total. The van der Waals surface area contributed by atoms with Crippen molar-refractivity contribution in [2.75, 3.05) is 0 Å². The van der Waals surface area contributed by atoms with E-state index < -0.39 is 5.97 Å². The molecule has 0 heterocycles. The lowest BCUT2D eigenvalue weighted by Crippen LogP contribution is -2.03. The van der Waals surface area contributed by atoms with E-state index >= 15 is 0 Å². The molecule has 0 amide bonds. The second-order valence-corrected chi connectivity index (χ2v) is 4.91. The molecule has 0 bridgehead atoms. The Morgan fingerprint density at radius 1 is 1.12 bits per heavy atom. The lowest BCUT2D eigenvalue weighted by atomic mass is 9.89. The van der Waals surface area contributed by atoms with Gasteiger partial charge in [-0.2, -0.15) is 0 Å². The van der Waals surface area contributed by atoms with Crippen LogP contribution in [-0.2, 0) is 24.1 Å². The number of carboxylic acids is 1. The molecular weight excluding hydrogens is 212 g/mol. The van der Waals surface area contributed by atoms with Crippen LogP contribution >= 0.6 is 0 Å². The number of aryl methyl sites for hydroxylation is 3. The van der Waals surface area contributed by atoms with E-state index in [0.717, 1.165) is 19.3 Å². The molecule has 0 aromatic heterocycles. The van der Waals surface area contributed by atoms with Gasteiger partial charge in [0.2, 0.25) is 0 Å². The van der Waals surface area contributed by atoms with Crippen molar-refractivity contribution in [1.82, 2.24) is 0 Å². The molecule has 1 aliphatic carbocycles. The quantitative estimate of drug-likeness (QED) is 0.790. The number of unbranched alkanes of at least 4 members (excludes halogenated alkanes) is 1. The van der Waals surface area contributed by atoms with E-state index in [0.29, 0.717) is 6.42 Å². The van der Waals surface area contributed by atoms with Crippen molar-refractivity contribution in [2.24, 2.45) is 0 Å². The normalized spacial score (nSPS) is 14.4. The molecule has 0 aliphatic heterocycles. The molecule has 2 nitrogen and oxygen atoms in total. The number of hydrogen-bond acceptors (Lipinski definition) is 1. The van der Waals surface area contributed by atoms with Gasteiger partial charge in [-0.05, 0) is 61.6 Å². The van der Waals surface area contributed by atoms with Gasteiger partial charge in [0.25, 0.3) is 0 Å². The Morgan fingerprint density at radius 3 is 2.65 bits per heavy atom. The lowest BCUT2D eigenvalue weighted by Gasteiger charge is -2.16. The Hall–Kier alpha value is -1.31. The van der Waals surface area contributed by atoms with Gasteiger partial charge in [0.15, 0.2) is 0 Å². The zero-order valence-corrected chi connectivity index (χ0v) is 10.2. The molecule has 0 saturated carbocycles. The highest BCUT2D eigenvalue weighted by Crippen LogP contribution is 2.22. The molecule has 2 heteroatoms. The highest BCUT2D eigenvalue weighted by molar-refractivity contribution is 5.66. The first-order valence-electron chi connectivity index (χ1n) is 6.58. The van der Waals surface area contributed by atoms with Crippen LogP contribution in [0.25, 0.3) is 0 Å². The topological polar surface area (TPSA) is 37.3 Å². The van der Waals surface area contributed by atoms with Crippen molar-refractivity contribution in [2.45, 2.75) is 51.4 Å². The molecule has 0 radical (unpaired) electrons. The Balaban J connectivity index is 1.86. The van der Waals surface area contributed by atoms with Crippen molar-refractivity contribution >= 4 is 5.97 Å². The van der Waals surface area contributed by atoms with Crippen LogP contribution in [0.5, 0.6) is 0 Å². The molecule has 17 heavy (non-hydrogen) atoms. The Labute approximate surface area is 103 Å². The minimum Gasteiger partial charge on any atom is -0.481 e. The summed E-state index contributed by atoms with van der Waals surface area (Å²) in [7, 11) is 0. The standard InChI is InChI=1S/C15H20O2/c16-15(17)8-4-1-5-12-9-10-13-6-2-3-7-14(13)11-12/h9-11H,1-8H2,(H,16,17). The largest absolute Gasteiger partial charge is 0.481 e. The molecule has 0 spiro atoms. The third kappa shape index (κ3) is 3.58. The summed E-state index contributed by atoms with van der Waals surface area (Å²) in [6.45, 7) is 0. The van der Waals surface area contributed by atoms with E-state index in [1.807, 2.05) is 0 Å². The van der Waals surface area contributed by atoms with Gasteiger partial charge in [0.05, 0.1) is 0 Å². The molecule has 0 unspecified atom stereocenters. The van der Waals surface area contributed by atoms with Crippen LogP contribution in [0, 0.1) is 0 Å². The Morgan fingerprint density at radius 2 is 1.88 bits per heavy atom. The van der Waals surface area contributed by atoms with Crippen molar-refractivity contribution in [3.05, 3.63) is 34.9 Å². The molecule has 0 saturated heterocycles. The number of hydrogen-bond donors (Lipinski definition) is 1. The molecule has 0 fully saturated rings. The summed E-state index contributed by atoms with van der Waals surface area (Å²) < 4.78 is 0. The van der Waals surface area contributed by atoms with E-state index in [1.54, 1.807) is 0 Å². The summed E-state index contributed by atoms with van der Waals surface area (Å²) in [4.78, 5) is 10.4. The third-order valence-corrected chi connectivity index (χ3v) is 3.52. The lowest BCUT2D eigenvalue weighted by molar-refractivity contribution is -0.137. The number of rotatable bonds is 5. The first kappa shape index (κ1) is 12.2. The smallest absolute Gasteiger partial charge is 0.303 e. The average Bonchev–Trinajstić information content (AvgIpc) is 2.34. The summed E-state index contributed by atoms with van der Waals surface area (Å²) in [5.74, 6) is -0.685. The number of benzene rings is 1. The fourth-order valence-electron chi connectivity index (χ4n) is 2.55. The number of aliphatic carboxylic acids is 1. The van der Waals surface area contributed by atoms with Gasteiger partial charge in [0.1, 0.15) is 0 Å². The van der Waals surface area contributed by atoms with Gasteiger partial charge in [-0.15, -0.1) is 0 Å². The van der Waals surface area contributed by atoms with Crippen LogP contribution in [0.3, 0.4) is 0 Å². The van der Waals surface area contributed by atoms with Gasteiger partial charge in [-0.1, -0.05) is 18.2 Å². The van der Waals surface area contributed by atoms with E-state index in [9.17, 15) is 4.79 Å². The monoisotopic (exact) mass is 232 g/mol. The van der Waals surface area contributed by atoms with E-state index in [1.165, 1.54) is 42.4 Å². The average molecular weight is 232 g/mol. The summed E-state index contributed by atoms with van der Waals surface area (Å²) in [6.07, 6.45) is 8.16. The fraction of sp³-hybridized carbons (Fsp3) is 0.533. The number of carbonyl (C=O) groups is 1. The van der Waals surface area contributed by atoms with E-state index in [-0.39, 0.29) is 0 Å². The van der Waals surface area contributed by atoms with Crippen molar-refractivity contribution in [1.29, 1.82) is 0 Å². The molecule has 0 atom stereocenters. The highest BCUT2D eigenvalue weighted by atomic mass is 16.4. The SMILES string of the molecule is O=C(O)CCCCc1ccc2c(c1)CCCC2. The molecule has 92 valence electrons. The molecular formula is C15H20O2. The predicted molar refractivity (Wildman–Crippen MR) is 68.3 cm³/mol. The minimum absolute atomic E-state index is 0.297. The Kier molecular flexibility index (Phi) is 4.18. The van der Waals surface area contributed by atoms with Gasteiger partial charge < -0.3 is 5.11 Å². The fourth-order valence-corrected chi connectivity index (χ4v) is 2.55. The zero-order chi connectivity index (χ0) is 12.1. The number of carboxylic acid groups (broad SMARTS) is 1. The minimum atomic E-state index is -0.685. The van der Waals surface area contributed by atoms with Crippen LogP contribution in [0.4, 0.5) is 0 Å². The van der Waals surface area contributed by atoms with E-state index in [2.05, 4.69) is 18.2 Å². The van der Waals surface area contributed by atoms with Gasteiger partial charge >= 0.3 is 5.97 Å². The van der Waals surface area contributed by atoms with E-state index in [4.69, 9.17) is 5.11 Å². The third-order valence-electron chi connectivity index (χ3n) is 3.52. The van der Waals surface area contributed by atoms with Gasteiger partial charge in [-0.3, -0.25) is 4.79 Å². The van der Waals surface area contributed by atoms with Crippen molar-refractivity contribution in [3.63, 3.8) is 0 Å². The van der Waals surface area contributed by atoms with Gasteiger partial charge in [0, 0.05) is 6.42 Å². The van der Waals surface area contributed by atoms with Gasteiger partial charge in [-0.25, -0.2) is 0 Å². The predicted octanol–water partition coefficient (Wildman–Crippen LogP) is 3.36. The van der Waals surface area contributed by atoms with Crippen molar-refractivity contribution < 1.29 is 9.90 Å². The Bertz CT molecular complexity index is 396. The second kappa shape index (κ2) is 5.85. The summed E-state index contributed by atoms with van der Waals surface area (Å²) >= 11 is 0. The first-order chi connectivity index (χ1) is 8.25. The maximum Gasteiger partial charge on any atom is 0.303 e. The van der Waals surface area contributed by atoms with Crippen LogP contribution in [0.15, 0.2) is 18.2 Å². The first-order valence-corrected chi connectivity index (χ1v) is 6.58. The molecule has 1 aromatic carbocycles. The second-order valence-electron chi connectivity index (χ2n) is 4.91. The molecule has 2 rings (SSSR count). The zero-order valence-electron chi connectivity index (χ0n) is 10.2. The van der Waals surface area contributed by atoms with Crippen LogP contribution in [0.1, 0.15) is 48.8 Å². The highest BCUT2D eigenvalue weighted by Gasteiger charge is 2.09. The van der Waals surface area contributed by atoms with Crippen LogP contribution < -0.4 is 0 Å². The van der Waals surface area contributed by atoms with Crippen LogP contribution in [-0.4, -0.2) is 11.1 Å². The summed E-state index contributed by atoms with van der Waals surface area (Å²) in [6, 6.07) is 6.81.